The van der Waals surface area contributed by atoms with Crippen LogP contribution in [0.15, 0.2) is 0 Å². The lowest BCUT2D eigenvalue weighted by atomic mass is 10.2. The van der Waals surface area contributed by atoms with Crippen LogP contribution in [0.1, 0.15) is 33.1 Å². The minimum absolute atomic E-state index is 0.559. The van der Waals surface area contributed by atoms with E-state index in [2.05, 4.69) is 24.5 Å². The van der Waals surface area contributed by atoms with E-state index in [0.717, 1.165) is 26.2 Å². The largest absolute Gasteiger partial charge is 0.383 e. The lowest BCUT2D eigenvalue weighted by molar-refractivity contribution is 0.198. The number of ether oxygens (including phenoxy) is 1. The fourth-order valence-electron chi connectivity index (χ4n) is 1.29. The summed E-state index contributed by atoms with van der Waals surface area (Å²) in [5.74, 6) is 0. The van der Waals surface area contributed by atoms with Gasteiger partial charge in [0.25, 0.3) is 0 Å². The highest BCUT2D eigenvalue weighted by Crippen LogP contribution is 1.91. The van der Waals surface area contributed by atoms with Gasteiger partial charge in [-0.05, 0) is 19.9 Å². The summed E-state index contributed by atoms with van der Waals surface area (Å²) in [6.07, 6.45) is 3.91. The summed E-state index contributed by atoms with van der Waals surface area (Å²) in [5, 5.41) is 6.83. The molecule has 3 nitrogen and oxygen atoms in total. The summed E-state index contributed by atoms with van der Waals surface area (Å²) in [7, 11) is 1.73. The van der Waals surface area contributed by atoms with E-state index in [4.69, 9.17) is 4.74 Å². The maximum atomic E-state index is 4.95. The highest BCUT2D eigenvalue weighted by atomic mass is 16.5. The monoisotopic (exact) mass is 202 g/mol. The van der Waals surface area contributed by atoms with E-state index >= 15 is 0 Å². The first-order valence-electron chi connectivity index (χ1n) is 5.74. The Hall–Kier alpha value is -0.120. The molecule has 0 amide bonds. The van der Waals surface area contributed by atoms with Crippen molar-refractivity contribution >= 4 is 0 Å². The Morgan fingerprint density at radius 1 is 1.21 bits per heavy atom. The maximum absolute atomic E-state index is 4.95. The normalized spacial score (nSPS) is 13.1. The van der Waals surface area contributed by atoms with Gasteiger partial charge in [-0.1, -0.05) is 19.8 Å². The Balaban J connectivity index is 3.07. The van der Waals surface area contributed by atoms with Crippen molar-refractivity contribution in [2.24, 2.45) is 0 Å². The molecular weight excluding hydrogens is 176 g/mol. The second-order valence-corrected chi connectivity index (χ2v) is 3.76. The lowest BCUT2D eigenvalue weighted by Gasteiger charge is -2.14. The summed E-state index contributed by atoms with van der Waals surface area (Å²) in [6, 6.07) is 0.559. The molecule has 0 fully saturated rings. The van der Waals surface area contributed by atoms with Crippen molar-refractivity contribution in [3.8, 4) is 0 Å². The first-order valence-corrected chi connectivity index (χ1v) is 5.74. The summed E-state index contributed by atoms with van der Waals surface area (Å²) < 4.78 is 4.95. The molecule has 0 aromatic heterocycles. The molecule has 0 radical (unpaired) electrons. The zero-order valence-corrected chi connectivity index (χ0v) is 9.94. The molecule has 1 atom stereocenters. The number of hydrogen-bond donors (Lipinski definition) is 2. The second-order valence-electron chi connectivity index (χ2n) is 3.76. The van der Waals surface area contributed by atoms with E-state index in [1.54, 1.807) is 7.11 Å². The Bertz CT molecular complexity index is 97.5. The predicted molar refractivity (Wildman–Crippen MR) is 61.7 cm³/mol. The van der Waals surface area contributed by atoms with Crippen LogP contribution >= 0.6 is 0 Å². The van der Waals surface area contributed by atoms with Gasteiger partial charge in [0.2, 0.25) is 0 Å². The van der Waals surface area contributed by atoms with Crippen molar-refractivity contribution < 1.29 is 4.74 Å². The molecule has 0 aliphatic rings. The smallest absolute Gasteiger partial charge is 0.0587 e. The molecule has 0 spiro atoms. The third-order valence-corrected chi connectivity index (χ3v) is 2.21. The van der Waals surface area contributed by atoms with E-state index < -0.39 is 0 Å². The van der Waals surface area contributed by atoms with E-state index in [-0.39, 0.29) is 0 Å². The van der Waals surface area contributed by atoms with Gasteiger partial charge < -0.3 is 15.4 Å². The molecule has 0 aromatic rings. The fraction of sp³-hybridized carbons (Fsp3) is 1.00. The van der Waals surface area contributed by atoms with Gasteiger partial charge in [-0.2, -0.15) is 0 Å². The van der Waals surface area contributed by atoms with Crippen molar-refractivity contribution in [1.82, 2.24) is 10.6 Å². The zero-order valence-electron chi connectivity index (χ0n) is 9.94. The van der Waals surface area contributed by atoms with Gasteiger partial charge in [-0.3, -0.25) is 0 Å². The lowest BCUT2D eigenvalue weighted by Crippen LogP contribution is -2.37. The Kier molecular flexibility index (Phi) is 10.9. The minimum atomic E-state index is 0.559. The maximum Gasteiger partial charge on any atom is 0.0587 e. The number of nitrogens with one attached hydrogen (secondary N) is 2. The van der Waals surface area contributed by atoms with Gasteiger partial charge >= 0.3 is 0 Å². The molecule has 0 heterocycles. The van der Waals surface area contributed by atoms with Crippen LogP contribution in [-0.4, -0.2) is 39.4 Å². The Morgan fingerprint density at radius 2 is 2.00 bits per heavy atom. The standard InChI is InChI=1S/C11H26N2O/c1-4-5-6-7-13-11(2)10-12-8-9-14-3/h11-13H,4-10H2,1-3H3. The third kappa shape index (κ3) is 9.96. The van der Waals surface area contributed by atoms with E-state index in [1.165, 1.54) is 19.3 Å². The Labute approximate surface area is 88.6 Å². The van der Waals surface area contributed by atoms with Gasteiger partial charge in [0.15, 0.2) is 0 Å². The molecule has 14 heavy (non-hydrogen) atoms. The number of methoxy groups -OCH3 is 1. The quantitative estimate of drug-likeness (QED) is 0.525. The van der Waals surface area contributed by atoms with Gasteiger partial charge in [0, 0.05) is 26.2 Å². The van der Waals surface area contributed by atoms with Crippen molar-refractivity contribution in [3.05, 3.63) is 0 Å². The highest BCUT2D eigenvalue weighted by Gasteiger charge is 1.98. The highest BCUT2D eigenvalue weighted by molar-refractivity contribution is 4.63. The van der Waals surface area contributed by atoms with Crippen LogP contribution in [0.4, 0.5) is 0 Å². The van der Waals surface area contributed by atoms with Crippen LogP contribution in [-0.2, 0) is 4.74 Å². The first kappa shape index (κ1) is 13.9. The van der Waals surface area contributed by atoms with E-state index in [0.29, 0.717) is 6.04 Å². The summed E-state index contributed by atoms with van der Waals surface area (Å²) in [4.78, 5) is 0. The molecule has 0 rings (SSSR count). The molecule has 3 heteroatoms. The summed E-state index contributed by atoms with van der Waals surface area (Å²) in [5.41, 5.74) is 0. The van der Waals surface area contributed by atoms with Gasteiger partial charge in [0.1, 0.15) is 0 Å². The zero-order chi connectivity index (χ0) is 10.6. The average Bonchev–Trinajstić information content (AvgIpc) is 2.19. The molecule has 86 valence electrons. The molecule has 0 aliphatic heterocycles. The van der Waals surface area contributed by atoms with Crippen molar-refractivity contribution in [3.63, 3.8) is 0 Å². The molecular formula is C11H26N2O. The van der Waals surface area contributed by atoms with Crippen LogP contribution in [0.5, 0.6) is 0 Å². The van der Waals surface area contributed by atoms with Crippen molar-refractivity contribution in [1.29, 1.82) is 0 Å². The van der Waals surface area contributed by atoms with Crippen LogP contribution in [0, 0.1) is 0 Å². The van der Waals surface area contributed by atoms with Crippen LogP contribution in [0.25, 0.3) is 0 Å². The van der Waals surface area contributed by atoms with Crippen LogP contribution < -0.4 is 10.6 Å². The Morgan fingerprint density at radius 3 is 2.64 bits per heavy atom. The molecule has 0 saturated carbocycles. The van der Waals surface area contributed by atoms with Crippen LogP contribution in [0.2, 0.25) is 0 Å². The third-order valence-electron chi connectivity index (χ3n) is 2.21. The SMILES string of the molecule is CCCCCNC(C)CNCCOC. The molecule has 2 N–H and O–H groups in total. The number of hydrogen-bond acceptors (Lipinski definition) is 3. The van der Waals surface area contributed by atoms with E-state index in [9.17, 15) is 0 Å². The van der Waals surface area contributed by atoms with Gasteiger partial charge in [-0.25, -0.2) is 0 Å². The minimum Gasteiger partial charge on any atom is -0.383 e. The predicted octanol–water partition coefficient (Wildman–Crippen LogP) is 1.39. The molecule has 0 saturated heterocycles. The second kappa shape index (κ2) is 11.0. The summed E-state index contributed by atoms with van der Waals surface area (Å²) in [6.45, 7) is 8.35. The average molecular weight is 202 g/mol. The van der Waals surface area contributed by atoms with Crippen LogP contribution in [0.3, 0.4) is 0 Å². The molecule has 0 aromatic carbocycles. The van der Waals surface area contributed by atoms with Gasteiger partial charge in [0.05, 0.1) is 6.61 Å². The molecule has 1 unspecified atom stereocenters. The van der Waals surface area contributed by atoms with Crippen molar-refractivity contribution in [2.75, 3.05) is 33.4 Å². The first-order chi connectivity index (χ1) is 6.81. The van der Waals surface area contributed by atoms with E-state index in [1.807, 2.05) is 0 Å². The topological polar surface area (TPSA) is 33.3 Å². The fourth-order valence-corrected chi connectivity index (χ4v) is 1.29. The van der Waals surface area contributed by atoms with Gasteiger partial charge in [-0.15, -0.1) is 0 Å². The van der Waals surface area contributed by atoms with Crippen molar-refractivity contribution in [2.45, 2.75) is 39.2 Å². The molecule has 0 bridgehead atoms. The number of rotatable bonds is 10. The number of unbranched alkanes of at least 4 members (excludes halogenated alkanes) is 2. The summed E-state index contributed by atoms with van der Waals surface area (Å²) >= 11 is 0. The molecule has 0 aliphatic carbocycles.